The van der Waals surface area contributed by atoms with Gasteiger partial charge in [0.25, 0.3) is 5.56 Å². The fourth-order valence-electron chi connectivity index (χ4n) is 2.83. The first kappa shape index (κ1) is 20.6. The molecule has 0 amide bonds. The van der Waals surface area contributed by atoms with E-state index in [2.05, 4.69) is 19.9 Å². The van der Waals surface area contributed by atoms with Crippen molar-refractivity contribution in [3.8, 4) is 6.07 Å². The Morgan fingerprint density at radius 3 is 2.59 bits per heavy atom. The summed E-state index contributed by atoms with van der Waals surface area (Å²) in [6.45, 7) is 3.59. The standard InChI is InChI=1S/C18H14ClN5O4S/c1-8-4-9(2)13-10(5-8)17(26)24-16(22-13)11(6-20)15(25)14-12(19)7-21-18(23-14)29(3,27)28/h4-5,7,11H,1-3H3,(H,22,24,26)/t11-/m1/s1. The maximum absolute atomic E-state index is 12.9. The number of sulfone groups is 1. The zero-order chi connectivity index (χ0) is 21.5. The molecule has 29 heavy (non-hydrogen) atoms. The van der Waals surface area contributed by atoms with Crippen LogP contribution in [0.15, 0.2) is 28.3 Å². The molecule has 2 aromatic heterocycles. The zero-order valence-electron chi connectivity index (χ0n) is 15.5. The third-order valence-corrected chi connectivity index (χ3v) is 5.25. The van der Waals surface area contributed by atoms with Crippen molar-refractivity contribution in [3.05, 3.63) is 56.4 Å². The van der Waals surface area contributed by atoms with Crippen LogP contribution < -0.4 is 5.56 Å². The molecule has 1 aromatic carbocycles. The van der Waals surface area contributed by atoms with Gasteiger partial charge in [-0.1, -0.05) is 17.7 Å². The summed E-state index contributed by atoms with van der Waals surface area (Å²) >= 11 is 5.96. The number of carbonyl (C=O) groups excluding carboxylic acids is 1. The van der Waals surface area contributed by atoms with Crippen LogP contribution >= 0.6 is 11.6 Å². The van der Waals surface area contributed by atoms with Crippen molar-refractivity contribution in [2.45, 2.75) is 24.9 Å². The molecule has 0 fully saturated rings. The molecular formula is C18H14ClN5O4S. The third kappa shape index (κ3) is 3.87. The average molecular weight is 432 g/mol. The molecule has 2 heterocycles. The predicted octanol–water partition coefficient (Wildman–Crippen LogP) is 1.88. The molecular weight excluding hydrogens is 418 g/mol. The van der Waals surface area contributed by atoms with Crippen LogP contribution in [0.3, 0.4) is 0 Å². The first-order valence-electron chi connectivity index (χ1n) is 8.20. The van der Waals surface area contributed by atoms with Crippen molar-refractivity contribution in [2.24, 2.45) is 0 Å². The summed E-state index contributed by atoms with van der Waals surface area (Å²) in [5.41, 5.74) is 0.973. The number of Topliss-reactive ketones (excluding diaryl/α,β-unsaturated/α-hetero) is 1. The molecule has 3 rings (SSSR count). The second-order valence-electron chi connectivity index (χ2n) is 6.48. The minimum atomic E-state index is -3.81. The molecule has 1 N–H and O–H groups in total. The van der Waals surface area contributed by atoms with Crippen molar-refractivity contribution in [1.82, 2.24) is 19.9 Å². The maximum atomic E-state index is 12.9. The van der Waals surface area contributed by atoms with E-state index in [9.17, 15) is 23.3 Å². The number of nitrogens with zero attached hydrogens (tertiary/aromatic N) is 4. The number of nitriles is 1. The summed E-state index contributed by atoms with van der Waals surface area (Å²) in [5, 5.41) is 9.07. The molecule has 0 aliphatic heterocycles. The van der Waals surface area contributed by atoms with E-state index in [0.717, 1.165) is 18.0 Å². The number of hydrogen-bond acceptors (Lipinski definition) is 8. The van der Waals surface area contributed by atoms with Crippen molar-refractivity contribution in [3.63, 3.8) is 0 Å². The van der Waals surface area contributed by atoms with E-state index in [-0.39, 0.29) is 10.8 Å². The van der Waals surface area contributed by atoms with Gasteiger partial charge in [-0.05, 0) is 31.0 Å². The molecule has 1 atom stereocenters. The van der Waals surface area contributed by atoms with Gasteiger partial charge in [0.1, 0.15) is 11.5 Å². The summed E-state index contributed by atoms with van der Waals surface area (Å²) in [6, 6.07) is 5.25. The molecule has 0 aliphatic carbocycles. The average Bonchev–Trinajstić information content (AvgIpc) is 2.62. The molecule has 0 radical (unpaired) electrons. The maximum Gasteiger partial charge on any atom is 0.258 e. The van der Waals surface area contributed by atoms with Gasteiger partial charge in [0.05, 0.1) is 28.2 Å². The lowest BCUT2D eigenvalue weighted by molar-refractivity contribution is 0.0970. The van der Waals surface area contributed by atoms with Crippen LogP contribution in [-0.4, -0.2) is 40.4 Å². The molecule has 0 aliphatic rings. The number of carbonyl (C=O) groups is 1. The Kier molecular flexibility index (Phi) is 5.21. The van der Waals surface area contributed by atoms with Gasteiger partial charge in [-0.25, -0.2) is 23.4 Å². The van der Waals surface area contributed by atoms with Crippen LogP contribution in [0.5, 0.6) is 0 Å². The zero-order valence-corrected chi connectivity index (χ0v) is 17.1. The number of H-pyrrole nitrogens is 1. The highest BCUT2D eigenvalue weighted by Crippen LogP contribution is 2.24. The Hall–Kier alpha value is -3.16. The van der Waals surface area contributed by atoms with Gasteiger partial charge < -0.3 is 4.98 Å². The second-order valence-corrected chi connectivity index (χ2v) is 8.79. The van der Waals surface area contributed by atoms with Gasteiger partial charge >= 0.3 is 0 Å². The highest BCUT2D eigenvalue weighted by molar-refractivity contribution is 7.90. The quantitative estimate of drug-likeness (QED) is 0.486. The van der Waals surface area contributed by atoms with E-state index in [1.807, 2.05) is 13.0 Å². The van der Waals surface area contributed by atoms with Gasteiger partial charge in [-0.2, -0.15) is 5.26 Å². The molecule has 148 valence electrons. The van der Waals surface area contributed by atoms with Gasteiger partial charge in [0.15, 0.2) is 5.92 Å². The Labute approximate surface area is 170 Å². The smallest absolute Gasteiger partial charge is 0.258 e. The van der Waals surface area contributed by atoms with Crippen LogP contribution in [0.25, 0.3) is 10.9 Å². The number of ketones is 1. The highest BCUT2D eigenvalue weighted by Gasteiger charge is 2.29. The van der Waals surface area contributed by atoms with Crippen LogP contribution in [0.1, 0.15) is 33.4 Å². The van der Waals surface area contributed by atoms with Gasteiger partial charge in [0.2, 0.25) is 20.8 Å². The van der Waals surface area contributed by atoms with E-state index in [1.165, 1.54) is 0 Å². The van der Waals surface area contributed by atoms with Crippen molar-refractivity contribution >= 4 is 38.1 Å². The number of aryl methyl sites for hydroxylation is 2. The van der Waals surface area contributed by atoms with Crippen LogP contribution in [-0.2, 0) is 9.84 Å². The Morgan fingerprint density at radius 2 is 1.97 bits per heavy atom. The van der Waals surface area contributed by atoms with Crippen molar-refractivity contribution in [1.29, 1.82) is 5.26 Å². The molecule has 9 nitrogen and oxygen atoms in total. The molecule has 0 bridgehead atoms. The highest BCUT2D eigenvalue weighted by atomic mass is 35.5. The van der Waals surface area contributed by atoms with Gasteiger partial charge in [0, 0.05) is 6.26 Å². The van der Waals surface area contributed by atoms with E-state index in [0.29, 0.717) is 16.5 Å². The number of aromatic nitrogens is 4. The Bertz CT molecular complexity index is 1380. The van der Waals surface area contributed by atoms with E-state index < -0.39 is 37.9 Å². The van der Waals surface area contributed by atoms with Crippen LogP contribution in [0.2, 0.25) is 5.02 Å². The molecule has 0 saturated heterocycles. The van der Waals surface area contributed by atoms with Gasteiger partial charge in [-0.15, -0.1) is 0 Å². The summed E-state index contributed by atoms with van der Waals surface area (Å²) in [7, 11) is -3.81. The minimum Gasteiger partial charge on any atom is -0.308 e. The second kappa shape index (κ2) is 7.35. The molecule has 0 spiro atoms. The minimum absolute atomic E-state index is 0.183. The summed E-state index contributed by atoms with van der Waals surface area (Å²) in [6.07, 6.45) is 1.84. The first-order valence-corrected chi connectivity index (χ1v) is 10.5. The summed E-state index contributed by atoms with van der Waals surface area (Å²) < 4.78 is 23.4. The number of aromatic amines is 1. The lowest BCUT2D eigenvalue weighted by atomic mass is 10.0. The van der Waals surface area contributed by atoms with Crippen LogP contribution in [0.4, 0.5) is 0 Å². The topological polar surface area (TPSA) is 147 Å². The largest absolute Gasteiger partial charge is 0.308 e. The summed E-state index contributed by atoms with van der Waals surface area (Å²) in [5.74, 6) is -2.64. The fraction of sp³-hybridized carbons (Fsp3) is 0.222. The Morgan fingerprint density at radius 1 is 1.28 bits per heavy atom. The summed E-state index contributed by atoms with van der Waals surface area (Å²) in [4.78, 5) is 39.4. The molecule has 11 heteroatoms. The molecule has 0 unspecified atom stereocenters. The number of hydrogen-bond donors (Lipinski definition) is 1. The van der Waals surface area contributed by atoms with Crippen molar-refractivity contribution in [2.75, 3.05) is 6.26 Å². The van der Waals surface area contributed by atoms with Crippen LogP contribution in [0, 0.1) is 25.2 Å². The predicted molar refractivity (Wildman–Crippen MR) is 105 cm³/mol. The number of nitrogens with one attached hydrogen (secondary N) is 1. The van der Waals surface area contributed by atoms with Gasteiger partial charge in [-0.3, -0.25) is 9.59 Å². The number of halogens is 1. The monoisotopic (exact) mass is 431 g/mol. The SMILES string of the molecule is Cc1cc(C)c2nc([C@H](C#N)C(=O)c3nc(S(C)(=O)=O)ncc3Cl)[nH]c(=O)c2c1. The third-order valence-electron chi connectivity index (χ3n) is 4.12. The lowest BCUT2D eigenvalue weighted by Crippen LogP contribution is -2.22. The van der Waals surface area contributed by atoms with E-state index >= 15 is 0 Å². The number of rotatable bonds is 4. The Balaban J connectivity index is 2.18. The fourth-order valence-corrected chi connectivity index (χ4v) is 3.52. The van der Waals surface area contributed by atoms with Crippen molar-refractivity contribution < 1.29 is 13.2 Å². The lowest BCUT2D eigenvalue weighted by Gasteiger charge is -2.11. The molecule has 0 saturated carbocycles. The molecule has 3 aromatic rings. The first-order chi connectivity index (χ1) is 13.5. The van der Waals surface area contributed by atoms with E-state index in [1.54, 1.807) is 19.1 Å². The normalized spacial score (nSPS) is 12.5. The number of benzene rings is 1. The number of fused-ring (bicyclic) bond motifs is 1. The van der Waals surface area contributed by atoms with E-state index in [4.69, 9.17) is 11.6 Å².